The number of rotatable bonds is 7. The molecule has 0 aliphatic rings. The van der Waals surface area contributed by atoms with E-state index in [0.29, 0.717) is 18.9 Å². The van der Waals surface area contributed by atoms with Gasteiger partial charge in [0.2, 0.25) is 0 Å². The zero-order chi connectivity index (χ0) is 18.1. The minimum absolute atomic E-state index is 0. The van der Waals surface area contributed by atoms with Gasteiger partial charge >= 0.3 is 0 Å². The Morgan fingerprint density at radius 3 is 2.50 bits per heavy atom. The van der Waals surface area contributed by atoms with Gasteiger partial charge < -0.3 is 15.7 Å². The van der Waals surface area contributed by atoms with Crippen LogP contribution in [0.2, 0.25) is 0 Å². The Bertz CT molecular complexity index is 692. The number of benzene rings is 2. The molecule has 0 heterocycles. The van der Waals surface area contributed by atoms with E-state index in [2.05, 4.69) is 15.6 Å². The highest BCUT2D eigenvalue weighted by Crippen LogP contribution is 2.20. The molecule has 142 valence electrons. The van der Waals surface area contributed by atoms with E-state index in [1.54, 1.807) is 13.0 Å². The summed E-state index contributed by atoms with van der Waals surface area (Å²) >= 11 is 0. The number of hydrogen-bond donors (Lipinski definition) is 3. The van der Waals surface area contributed by atoms with Crippen molar-refractivity contribution >= 4 is 29.9 Å². The molecule has 0 aromatic heterocycles. The molecule has 0 fully saturated rings. The lowest BCUT2D eigenvalue weighted by molar-refractivity contribution is 0.0672. The highest BCUT2D eigenvalue weighted by molar-refractivity contribution is 14.0. The van der Waals surface area contributed by atoms with E-state index < -0.39 is 5.60 Å². The lowest BCUT2D eigenvalue weighted by atomic mass is 9.96. The van der Waals surface area contributed by atoms with Crippen molar-refractivity contribution in [2.75, 3.05) is 19.6 Å². The maximum Gasteiger partial charge on any atom is 0.191 e. The molecule has 0 saturated carbocycles. The number of nitrogens with one attached hydrogen (secondary N) is 2. The smallest absolute Gasteiger partial charge is 0.191 e. The van der Waals surface area contributed by atoms with Crippen LogP contribution in [0.15, 0.2) is 59.6 Å². The number of hydrogen-bond acceptors (Lipinski definition) is 2. The van der Waals surface area contributed by atoms with Gasteiger partial charge in [0.1, 0.15) is 11.4 Å². The van der Waals surface area contributed by atoms with E-state index in [4.69, 9.17) is 0 Å². The van der Waals surface area contributed by atoms with Gasteiger partial charge in [0.15, 0.2) is 5.96 Å². The molecule has 6 heteroatoms. The molecular weight excluding hydrogens is 444 g/mol. The van der Waals surface area contributed by atoms with Crippen molar-refractivity contribution in [3.8, 4) is 0 Å². The van der Waals surface area contributed by atoms with Gasteiger partial charge in [-0.3, -0.25) is 0 Å². The summed E-state index contributed by atoms with van der Waals surface area (Å²) in [6.45, 7) is 5.33. The van der Waals surface area contributed by atoms with Crippen LogP contribution in [0.4, 0.5) is 4.39 Å². The molecule has 1 unspecified atom stereocenters. The van der Waals surface area contributed by atoms with Gasteiger partial charge in [-0.1, -0.05) is 42.5 Å². The Balaban J connectivity index is 0.00000338. The van der Waals surface area contributed by atoms with Gasteiger partial charge in [-0.25, -0.2) is 9.38 Å². The number of aliphatic imine (C=N–C) groups is 1. The third-order valence-electron chi connectivity index (χ3n) is 3.88. The Hall–Kier alpha value is -1.67. The molecule has 2 rings (SSSR count). The molecule has 0 spiro atoms. The Morgan fingerprint density at radius 2 is 1.85 bits per heavy atom. The van der Waals surface area contributed by atoms with E-state index in [-0.39, 0.29) is 36.3 Å². The van der Waals surface area contributed by atoms with Crippen molar-refractivity contribution in [2.45, 2.75) is 25.9 Å². The second kappa shape index (κ2) is 11.1. The number of halogens is 2. The fraction of sp³-hybridized carbons (Fsp3) is 0.350. The molecule has 0 aliphatic carbocycles. The third kappa shape index (κ3) is 7.29. The summed E-state index contributed by atoms with van der Waals surface area (Å²) in [6, 6.07) is 16.1. The largest absolute Gasteiger partial charge is 0.384 e. The Morgan fingerprint density at radius 1 is 1.12 bits per heavy atom. The Kier molecular flexibility index (Phi) is 9.58. The molecule has 0 radical (unpaired) electrons. The van der Waals surface area contributed by atoms with Crippen LogP contribution in [0.1, 0.15) is 25.0 Å². The molecule has 1 atom stereocenters. The standard InChI is InChI=1S/C20H26FN3O.HI/c1-3-22-19(23-13-12-16-8-7-11-18(21)14-16)24-15-20(2,25)17-9-5-4-6-10-17;/h4-11,14,25H,3,12-13,15H2,1-2H3,(H2,22,23,24);1H. The molecule has 0 saturated heterocycles. The normalized spacial score (nSPS) is 13.5. The van der Waals surface area contributed by atoms with Crippen LogP contribution in [-0.4, -0.2) is 30.7 Å². The van der Waals surface area contributed by atoms with Gasteiger partial charge in [-0.15, -0.1) is 24.0 Å². The average Bonchev–Trinajstić information content (AvgIpc) is 2.60. The lowest BCUT2D eigenvalue weighted by Crippen LogP contribution is -2.39. The second-order valence-corrected chi connectivity index (χ2v) is 6.14. The van der Waals surface area contributed by atoms with Gasteiger partial charge in [-0.05, 0) is 43.5 Å². The lowest BCUT2D eigenvalue weighted by Gasteiger charge is -2.22. The minimum atomic E-state index is -1.04. The topological polar surface area (TPSA) is 56.7 Å². The number of nitrogens with zero attached hydrogens (tertiary/aromatic N) is 1. The summed E-state index contributed by atoms with van der Waals surface area (Å²) in [5, 5.41) is 17.0. The van der Waals surface area contributed by atoms with Gasteiger partial charge in [-0.2, -0.15) is 0 Å². The molecule has 4 nitrogen and oxygen atoms in total. The van der Waals surface area contributed by atoms with Crippen molar-refractivity contribution in [1.29, 1.82) is 0 Å². The van der Waals surface area contributed by atoms with Crippen LogP contribution in [-0.2, 0) is 12.0 Å². The average molecular weight is 471 g/mol. The van der Waals surface area contributed by atoms with E-state index in [1.165, 1.54) is 12.1 Å². The Labute approximate surface area is 172 Å². The summed E-state index contributed by atoms with van der Waals surface area (Å²) in [7, 11) is 0. The van der Waals surface area contributed by atoms with E-state index >= 15 is 0 Å². The highest BCUT2D eigenvalue weighted by atomic mass is 127. The maximum absolute atomic E-state index is 13.2. The quantitative estimate of drug-likeness (QED) is 0.330. The first-order valence-electron chi connectivity index (χ1n) is 8.56. The first-order valence-corrected chi connectivity index (χ1v) is 8.56. The zero-order valence-corrected chi connectivity index (χ0v) is 17.5. The minimum Gasteiger partial charge on any atom is -0.384 e. The van der Waals surface area contributed by atoms with Crippen LogP contribution in [0.5, 0.6) is 0 Å². The molecule has 0 bridgehead atoms. The monoisotopic (exact) mass is 471 g/mol. The highest BCUT2D eigenvalue weighted by Gasteiger charge is 2.22. The molecule has 3 N–H and O–H groups in total. The second-order valence-electron chi connectivity index (χ2n) is 6.14. The van der Waals surface area contributed by atoms with Crippen LogP contribution in [0, 0.1) is 5.82 Å². The third-order valence-corrected chi connectivity index (χ3v) is 3.88. The summed E-state index contributed by atoms with van der Waals surface area (Å²) in [5.41, 5.74) is 0.723. The number of aliphatic hydroxyl groups is 1. The fourth-order valence-electron chi connectivity index (χ4n) is 2.48. The molecule has 2 aromatic carbocycles. The first kappa shape index (κ1) is 22.4. The zero-order valence-electron chi connectivity index (χ0n) is 15.2. The SMILES string of the molecule is CCNC(=NCC(C)(O)c1ccccc1)NCCc1cccc(F)c1.I. The maximum atomic E-state index is 13.2. The molecule has 0 amide bonds. The summed E-state index contributed by atoms with van der Waals surface area (Å²) in [4.78, 5) is 4.48. The van der Waals surface area contributed by atoms with Crippen molar-refractivity contribution in [1.82, 2.24) is 10.6 Å². The van der Waals surface area contributed by atoms with Gasteiger partial charge in [0, 0.05) is 13.1 Å². The molecule has 26 heavy (non-hydrogen) atoms. The molecule has 2 aromatic rings. The van der Waals surface area contributed by atoms with Crippen LogP contribution in [0.3, 0.4) is 0 Å². The van der Waals surface area contributed by atoms with Crippen molar-refractivity contribution in [2.24, 2.45) is 4.99 Å². The van der Waals surface area contributed by atoms with Crippen molar-refractivity contribution < 1.29 is 9.50 Å². The van der Waals surface area contributed by atoms with Crippen LogP contribution >= 0.6 is 24.0 Å². The van der Waals surface area contributed by atoms with Gasteiger partial charge in [0.05, 0.1) is 6.54 Å². The summed E-state index contributed by atoms with van der Waals surface area (Å²) in [5.74, 6) is 0.409. The first-order chi connectivity index (χ1) is 12.0. The van der Waals surface area contributed by atoms with Gasteiger partial charge in [0.25, 0.3) is 0 Å². The molecular formula is C20H27FIN3O. The van der Waals surface area contributed by atoms with Crippen LogP contribution < -0.4 is 10.6 Å². The van der Waals surface area contributed by atoms with Crippen molar-refractivity contribution in [3.63, 3.8) is 0 Å². The summed E-state index contributed by atoms with van der Waals surface area (Å²) in [6.07, 6.45) is 0.692. The van der Waals surface area contributed by atoms with E-state index in [0.717, 1.165) is 17.7 Å². The molecule has 0 aliphatic heterocycles. The van der Waals surface area contributed by atoms with Crippen molar-refractivity contribution in [3.05, 3.63) is 71.5 Å². The van der Waals surface area contributed by atoms with Crippen LogP contribution in [0.25, 0.3) is 0 Å². The number of guanidine groups is 1. The summed E-state index contributed by atoms with van der Waals surface area (Å²) < 4.78 is 13.2. The predicted molar refractivity (Wildman–Crippen MR) is 116 cm³/mol. The van der Waals surface area contributed by atoms with E-state index in [9.17, 15) is 9.50 Å². The predicted octanol–water partition coefficient (Wildman–Crippen LogP) is 3.45. The van der Waals surface area contributed by atoms with E-state index in [1.807, 2.05) is 43.3 Å². The fourth-order valence-corrected chi connectivity index (χ4v) is 2.48.